The highest BCUT2D eigenvalue weighted by atomic mass is 32.2. The molecule has 4 rings (SSSR count). The average molecular weight is 419 g/mol. The summed E-state index contributed by atoms with van der Waals surface area (Å²) in [6, 6.07) is 0.220. The molecule has 1 atom stereocenters. The SMILES string of the molecule is Cc1nc(SCC(=O)N2CCc3c(C(=O)N(C)C4CCN(C)C4)n[nH]c3C2)n[nH]1. The van der Waals surface area contributed by atoms with Crippen molar-refractivity contribution in [3.05, 3.63) is 22.8 Å². The molecule has 0 aliphatic carbocycles. The largest absolute Gasteiger partial charge is 0.336 e. The minimum Gasteiger partial charge on any atom is -0.336 e. The first-order valence-corrected chi connectivity index (χ1v) is 10.7. The van der Waals surface area contributed by atoms with Gasteiger partial charge in [-0.2, -0.15) is 5.10 Å². The van der Waals surface area contributed by atoms with E-state index < -0.39 is 0 Å². The molecule has 2 aromatic rings. The van der Waals surface area contributed by atoms with Crippen molar-refractivity contribution in [2.24, 2.45) is 0 Å². The predicted octanol–water partition coefficient (Wildman–Crippen LogP) is 0.289. The molecule has 0 radical (unpaired) electrons. The summed E-state index contributed by atoms with van der Waals surface area (Å²) in [6.07, 6.45) is 1.61. The number of carbonyl (C=O) groups is 2. The van der Waals surface area contributed by atoms with Gasteiger partial charge in [0, 0.05) is 31.7 Å². The van der Waals surface area contributed by atoms with E-state index in [1.807, 2.05) is 18.9 Å². The monoisotopic (exact) mass is 418 g/mol. The molecule has 2 aromatic heterocycles. The van der Waals surface area contributed by atoms with Gasteiger partial charge in [-0.25, -0.2) is 4.98 Å². The van der Waals surface area contributed by atoms with Crippen molar-refractivity contribution >= 4 is 23.6 Å². The molecular weight excluding hydrogens is 392 g/mol. The van der Waals surface area contributed by atoms with Gasteiger partial charge in [0.1, 0.15) is 5.82 Å². The van der Waals surface area contributed by atoms with Gasteiger partial charge in [0.05, 0.1) is 18.0 Å². The number of rotatable bonds is 5. The van der Waals surface area contributed by atoms with Crippen molar-refractivity contribution in [3.63, 3.8) is 0 Å². The lowest BCUT2D eigenvalue weighted by molar-refractivity contribution is -0.129. The molecule has 29 heavy (non-hydrogen) atoms. The fraction of sp³-hybridized carbons (Fsp3) is 0.611. The van der Waals surface area contributed by atoms with Gasteiger partial charge in [0.15, 0.2) is 5.69 Å². The third kappa shape index (κ3) is 4.15. The molecule has 0 bridgehead atoms. The van der Waals surface area contributed by atoms with Crippen LogP contribution in [0.25, 0.3) is 0 Å². The Labute approximate surface area is 173 Å². The number of amides is 2. The number of hydrogen-bond donors (Lipinski definition) is 2. The maximum absolute atomic E-state index is 13.0. The quantitative estimate of drug-likeness (QED) is 0.671. The van der Waals surface area contributed by atoms with Crippen LogP contribution in [-0.2, 0) is 17.8 Å². The number of hydrogen-bond acceptors (Lipinski definition) is 7. The van der Waals surface area contributed by atoms with Crippen LogP contribution < -0.4 is 0 Å². The van der Waals surface area contributed by atoms with Crippen LogP contribution in [0.4, 0.5) is 0 Å². The Hall–Kier alpha value is -2.40. The molecule has 0 spiro atoms. The number of thioether (sulfide) groups is 1. The summed E-state index contributed by atoms with van der Waals surface area (Å²) in [6.45, 7) is 4.74. The fourth-order valence-corrected chi connectivity index (χ4v) is 4.62. The first-order chi connectivity index (χ1) is 13.9. The van der Waals surface area contributed by atoms with E-state index in [1.54, 1.807) is 4.90 Å². The molecule has 2 aliphatic rings. The number of H-pyrrole nitrogens is 2. The molecule has 156 valence electrons. The first kappa shape index (κ1) is 19.9. The van der Waals surface area contributed by atoms with E-state index in [9.17, 15) is 9.59 Å². The third-order valence-electron chi connectivity index (χ3n) is 5.62. The standard InChI is InChI=1S/C18H26N8O2S/c1-11-19-18(23-20-11)29-10-15(27)26-7-5-13-14(9-26)21-22-16(13)17(28)25(3)12-4-6-24(2)8-12/h12H,4-10H2,1-3H3,(H,21,22)(H,19,20,23). The number of nitrogens with zero attached hydrogens (tertiary/aromatic N) is 6. The van der Waals surface area contributed by atoms with E-state index in [2.05, 4.69) is 37.3 Å². The Kier molecular flexibility index (Phi) is 5.59. The summed E-state index contributed by atoms with van der Waals surface area (Å²) in [5.74, 6) is 0.992. The predicted molar refractivity (Wildman–Crippen MR) is 108 cm³/mol. The van der Waals surface area contributed by atoms with Crippen molar-refractivity contribution in [2.45, 2.75) is 37.5 Å². The second kappa shape index (κ2) is 8.15. The van der Waals surface area contributed by atoms with Gasteiger partial charge < -0.3 is 14.7 Å². The molecule has 2 N–H and O–H groups in total. The van der Waals surface area contributed by atoms with Gasteiger partial charge in [-0.3, -0.25) is 19.8 Å². The number of aromatic amines is 2. The van der Waals surface area contributed by atoms with Crippen LogP contribution in [0.3, 0.4) is 0 Å². The van der Waals surface area contributed by atoms with E-state index in [0.717, 1.165) is 36.6 Å². The summed E-state index contributed by atoms with van der Waals surface area (Å²) >= 11 is 1.32. The van der Waals surface area contributed by atoms with E-state index >= 15 is 0 Å². The zero-order chi connectivity index (χ0) is 20.5. The minimum absolute atomic E-state index is 0.0247. The van der Waals surface area contributed by atoms with Crippen molar-refractivity contribution in [3.8, 4) is 0 Å². The van der Waals surface area contributed by atoms with E-state index in [1.165, 1.54) is 11.8 Å². The van der Waals surface area contributed by atoms with Crippen LogP contribution >= 0.6 is 11.8 Å². The molecule has 1 saturated heterocycles. The van der Waals surface area contributed by atoms with E-state index in [4.69, 9.17) is 0 Å². The number of fused-ring (bicyclic) bond motifs is 1. The van der Waals surface area contributed by atoms with Crippen LogP contribution in [0.1, 0.15) is 34.0 Å². The molecule has 0 saturated carbocycles. The van der Waals surface area contributed by atoms with Crippen molar-refractivity contribution in [1.29, 1.82) is 0 Å². The molecule has 2 aliphatic heterocycles. The summed E-state index contributed by atoms with van der Waals surface area (Å²) < 4.78 is 0. The normalized spacial score (nSPS) is 19.4. The lowest BCUT2D eigenvalue weighted by Crippen LogP contribution is -2.40. The molecule has 0 aromatic carbocycles. The highest BCUT2D eigenvalue weighted by molar-refractivity contribution is 7.99. The summed E-state index contributed by atoms with van der Waals surface area (Å²) in [7, 11) is 3.93. The van der Waals surface area contributed by atoms with Crippen LogP contribution in [0.2, 0.25) is 0 Å². The van der Waals surface area contributed by atoms with E-state index in [-0.39, 0.29) is 23.6 Å². The van der Waals surface area contributed by atoms with Crippen LogP contribution in [-0.4, -0.2) is 97.4 Å². The first-order valence-electron chi connectivity index (χ1n) is 9.73. The number of carbonyl (C=O) groups excluding carboxylic acids is 2. The number of aromatic nitrogens is 5. The highest BCUT2D eigenvalue weighted by Crippen LogP contribution is 2.24. The smallest absolute Gasteiger partial charge is 0.274 e. The van der Waals surface area contributed by atoms with Crippen molar-refractivity contribution in [2.75, 3.05) is 39.5 Å². The van der Waals surface area contributed by atoms with Gasteiger partial charge in [-0.15, -0.1) is 5.10 Å². The van der Waals surface area contributed by atoms with Crippen LogP contribution in [0.15, 0.2) is 5.16 Å². The zero-order valence-corrected chi connectivity index (χ0v) is 17.8. The number of likely N-dealkylation sites (N-methyl/N-ethyl adjacent to an activating group) is 2. The van der Waals surface area contributed by atoms with Gasteiger partial charge >= 0.3 is 0 Å². The highest BCUT2D eigenvalue weighted by Gasteiger charge is 2.32. The van der Waals surface area contributed by atoms with E-state index in [0.29, 0.717) is 30.4 Å². The maximum Gasteiger partial charge on any atom is 0.274 e. The Morgan fingerprint density at radius 3 is 2.79 bits per heavy atom. The molecule has 4 heterocycles. The Morgan fingerprint density at radius 1 is 1.28 bits per heavy atom. The number of aryl methyl sites for hydroxylation is 1. The second-order valence-corrected chi connectivity index (χ2v) is 8.65. The summed E-state index contributed by atoms with van der Waals surface area (Å²) in [5, 5.41) is 14.7. The average Bonchev–Trinajstić information content (AvgIpc) is 3.44. The van der Waals surface area contributed by atoms with Gasteiger partial charge in [-0.05, 0) is 33.4 Å². The third-order valence-corrected chi connectivity index (χ3v) is 6.46. The second-order valence-electron chi connectivity index (χ2n) is 7.71. The van der Waals surface area contributed by atoms with Gasteiger partial charge in [-0.1, -0.05) is 11.8 Å². The lowest BCUT2D eigenvalue weighted by Gasteiger charge is -2.28. The fourth-order valence-electron chi connectivity index (χ4n) is 3.87. The summed E-state index contributed by atoms with van der Waals surface area (Å²) in [4.78, 5) is 35.6. The zero-order valence-electron chi connectivity index (χ0n) is 16.9. The molecule has 10 nitrogen and oxygen atoms in total. The van der Waals surface area contributed by atoms with Crippen molar-refractivity contribution in [1.82, 2.24) is 40.1 Å². The maximum atomic E-state index is 13.0. The van der Waals surface area contributed by atoms with Crippen molar-refractivity contribution < 1.29 is 9.59 Å². The molecule has 1 fully saturated rings. The van der Waals surface area contributed by atoms with Gasteiger partial charge in [0.2, 0.25) is 11.1 Å². The molecule has 11 heteroatoms. The number of likely N-dealkylation sites (tertiary alicyclic amines) is 1. The minimum atomic E-state index is -0.0434. The number of nitrogens with one attached hydrogen (secondary N) is 2. The van der Waals surface area contributed by atoms with Gasteiger partial charge in [0.25, 0.3) is 5.91 Å². The van der Waals surface area contributed by atoms with Crippen LogP contribution in [0.5, 0.6) is 0 Å². The molecule has 2 amide bonds. The topological polar surface area (TPSA) is 114 Å². The molecular formula is C18H26N8O2S. The lowest BCUT2D eigenvalue weighted by atomic mass is 10.0. The Bertz CT molecular complexity index is 910. The molecule has 1 unspecified atom stereocenters. The summed E-state index contributed by atoms with van der Waals surface area (Å²) in [5.41, 5.74) is 2.29. The Balaban J connectivity index is 1.37. The van der Waals surface area contributed by atoms with Crippen LogP contribution in [0, 0.1) is 6.92 Å². The Morgan fingerprint density at radius 2 is 2.10 bits per heavy atom.